The highest BCUT2D eigenvalue weighted by Gasteiger charge is 2.41. The molecule has 3 nitrogen and oxygen atoms in total. The van der Waals surface area contributed by atoms with Crippen molar-refractivity contribution in [3.63, 3.8) is 0 Å². The van der Waals surface area contributed by atoms with Gasteiger partial charge in [0.2, 0.25) is 0 Å². The van der Waals surface area contributed by atoms with Gasteiger partial charge in [-0.1, -0.05) is 26.0 Å². The smallest absolute Gasteiger partial charge is 0.313 e. The fraction of sp³-hybridized carbons (Fsp3) is 0.533. The largest absolute Gasteiger partial charge is 0.466 e. The number of hydrogen-bond acceptors (Lipinski definition) is 3. The zero-order valence-electron chi connectivity index (χ0n) is 11.8. The first-order chi connectivity index (χ1) is 8.96. The zero-order valence-corrected chi connectivity index (χ0v) is 11.8. The third kappa shape index (κ3) is 3.53. The van der Waals surface area contributed by atoms with Gasteiger partial charge < -0.3 is 10.5 Å². The summed E-state index contributed by atoms with van der Waals surface area (Å²) in [7, 11) is 0. The number of ether oxygens (including phenoxy) is 1. The number of rotatable bonds is 6. The maximum atomic E-state index is 12.9. The molecule has 1 rings (SSSR count). The lowest BCUT2D eigenvalue weighted by molar-refractivity contribution is -0.157. The molecule has 4 heteroatoms. The summed E-state index contributed by atoms with van der Waals surface area (Å²) in [5, 5.41) is 0. The van der Waals surface area contributed by atoms with Gasteiger partial charge in [-0.3, -0.25) is 4.79 Å². The number of benzene rings is 1. The van der Waals surface area contributed by atoms with E-state index in [2.05, 4.69) is 0 Å². The van der Waals surface area contributed by atoms with E-state index in [4.69, 9.17) is 10.5 Å². The van der Waals surface area contributed by atoms with Crippen LogP contribution in [0.5, 0.6) is 0 Å². The molecule has 0 radical (unpaired) electrons. The van der Waals surface area contributed by atoms with E-state index >= 15 is 0 Å². The van der Waals surface area contributed by atoms with Gasteiger partial charge in [-0.25, -0.2) is 4.39 Å². The third-order valence-corrected chi connectivity index (χ3v) is 3.58. The van der Waals surface area contributed by atoms with E-state index in [0.29, 0.717) is 13.0 Å². The van der Waals surface area contributed by atoms with E-state index in [1.165, 1.54) is 12.1 Å². The van der Waals surface area contributed by atoms with Gasteiger partial charge in [0.05, 0.1) is 12.0 Å². The number of esters is 1. The average Bonchev–Trinajstić information content (AvgIpc) is 2.38. The van der Waals surface area contributed by atoms with Gasteiger partial charge in [0.15, 0.2) is 0 Å². The molecule has 0 aromatic heterocycles. The van der Waals surface area contributed by atoms with Gasteiger partial charge in [-0.2, -0.15) is 0 Å². The monoisotopic (exact) mass is 267 g/mol. The van der Waals surface area contributed by atoms with Gasteiger partial charge in [0.1, 0.15) is 5.82 Å². The molecular formula is C15H22FNO2. The first kappa shape index (κ1) is 15.6. The minimum atomic E-state index is -0.756. The summed E-state index contributed by atoms with van der Waals surface area (Å²) in [6, 6.07) is 6.15. The first-order valence-electron chi connectivity index (χ1n) is 6.58. The quantitative estimate of drug-likeness (QED) is 0.806. The third-order valence-electron chi connectivity index (χ3n) is 3.58. The molecule has 0 aliphatic rings. The van der Waals surface area contributed by atoms with Crippen molar-refractivity contribution in [1.82, 2.24) is 0 Å². The highest BCUT2D eigenvalue weighted by atomic mass is 19.1. The second kappa shape index (κ2) is 6.66. The van der Waals surface area contributed by atoms with Crippen LogP contribution in [0.4, 0.5) is 4.39 Å². The molecule has 2 N–H and O–H groups in total. The Morgan fingerprint density at radius 3 is 2.37 bits per heavy atom. The summed E-state index contributed by atoms with van der Waals surface area (Å²) in [6.45, 7) is 6.22. The van der Waals surface area contributed by atoms with Crippen molar-refractivity contribution >= 4 is 5.97 Å². The summed E-state index contributed by atoms with van der Waals surface area (Å²) in [6.07, 6.45) is 0.459. The Morgan fingerprint density at radius 1 is 1.37 bits per heavy atom. The highest BCUT2D eigenvalue weighted by molar-refractivity contribution is 5.78. The van der Waals surface area contributed by atoms with Crippen LogP contribution in [0.1, 0.15) is 26.3 Å². The molecule has 0 bridgehead atoms. The Kier molecular flexibility index (Phi) is 5.48. The minimum Gasteiger partial charge on any atom is -0.466 e. The maximum absolute atomic E-state index is 12.9. The van der Waals surface area contributed by atoms with E-state index in [-0.39, 0.29) is 24.2 Å². The standard InChI is InChI=1S/C15H22FNO2/c1-4-19-14(18)15(10-17,11(2)3)9-12-5-7-13(16)8-6-12/h5-8,11H,4,9-10,17H2,1-3H3. The van der Waals surface area contributed by atoms with Crippen LogP contribution in [0.3, 0.4) is 0 Å². The Labute approximate surface area is 113 Å². The normalized spacial score (nSPS) is 14.2. The molecule has 0 amide bonds. The number of nitrogens with two attached hydrogens (primary N) is 1. The van der Waals surface area contributed by atoms with E-state index < -0.39 is 5.41 Å². The molecule has 1 aromatic rings. The fourth-order valence-corrected chi connectivity index (χ4v) is 2.14. The molecule has 0 saturated carbocycles. The Balaban J connectivity index is 3.03. The lowest BCUT2D eigenvalue weighted by Gasteiger charge is -2.34. The summed E-state index contributed by atoms with van der Waals surface area (Å²) < 4.78 is 18.1. The van der Waals surface area contributed by atoms with E-state index in [0.717, 1.165) is 5.56 Å². The summed E-state index contributed by atoms with van der Waals surface area (Å²) in [5.41, 5.74) is 5.97. The number of hydrogen-bond donors (Lipinski definition) is 1. The van der Waals surface area contributed by atoms with Crippen LogP contribution in [-0.2, 0) is 16.0 Å². The summed E-state index contributed by atoms with van der Waals surface area (Å²) in [4.78, 5) is 12.2. The van der Waals surface area contributed by atoms with Gasteiger partial charge in [-0.05, 0) is 37.0 Å². The number of carbonyl (C=O) groups excluding carboxylic acids is 1. The molecule has 0 heterocycles. The predicted octanol–water partition coefficient (Wildman–Crippen LogP) is 2.53. The molecule has 0 aliphatic carbocycles. The van der Waals surface area contributed by atoms with Crippen LogP contribution >= 0.6 is 0 Å². The van der Waals surface area contributed by atoms with Crippen molar-refractivity contribution in [2.75, 3.05) is 13.2 Å². The molecule has 1 aromatic carbocycles. The molecular weight excluding hydrogens is 245 g/mol. The second-order valence-electron chi connectivity index (χ2n) is 5.04. The fourth-order valence-electron chi connectivity index (χ4n) is 2.14. The van der Waals surface area contributed by atoms with Crippen molar-refractivity contribution in [3.05, 3.63) is 35.6 Å². The first-order valence-corrected chi connectivity index (χ1v) is 6.58. The van der Waals surface area contributed by atoms with Gasteiger partial charge >= 0.3 is 5.97 Å². The molecule has 106 valence electrons. The maximum Gasteiger partial charge on any atom is 0.313 e. The van der Waals surface area contributed by atoms with Gasteiger partial charge in [0, 0.05) is 6.54 Å². The Bertz CT molecular complexity index is 417. The van der Waals surface area contributed by atoms with Crippen LogP contribution in [-0.4, -0.2) is 19.1 Å². The summed E-state index contributed by atoms with van der Waals surface area (Å²) >= 11 is 0. The van der Waals surface area contributed by atoms with Gasteiger partial charge in [-0.15, -0.1) is 0 Å². The van der Waals surface area contributed by atoms with E-state index in [1.54, 1.807) is 19.1 Å². The Morgan fingerprint density at radius 2 is 1.95 bits per heavy atom. The number of halogens is 1. The molecule has 1 unspecified atom stereocenters. The molecule has 0 fully saturated rings. The molecule has 19 heavy (non-hydrogen) atoms. The number of carbonyl (C=O) groups is 1. The predicted molar refractivity (Wildman–Crippen MR) is 73.1 cm³/mol. The van der Waals surface area contributed by atoms with E-state index in [9.17, 15) is 9.18 Å². The van der Waals surface area contributed by atoms with Crippen LogP contribution in [0.15, 0.2) is 24.3 Å². The van der Waals surface area contributed by atoms with E-state index in [1.807, 2.05) is 13.8 Å². The van der Waals surface area contributed by atoms with Crippen molar-refractivity contribution in [2.24, 2.45) is 17.1 Å². The molecule has 0 saturated heterocycles. The van der Waals surface area contributed by atoms with Crippen molar-refractivity contribution in [1.29, 1.82) is 0 Å². The Hall–Kier alpha value is -1.42. The molecule has 0 spiro atoms. The minimum absolute atomic E-state index is 0.0432. The van der Waals surface area contributed by atoms with Crippen molar-refractivity contribution in [3.8, 4) is 0 Å². The van der Waals surface area contributed by atoms with Gasteiger partial charge in [0.25, 0.3) is 0 Å². The second-order valence-corrected chi connectivity index (χ2v) is 5.04. The lowest BCUT2D eigenvalue weighted by atomic mass is 9.72. The van der Waals surface area contributed by atoms with Crippen LogP contribution in [0.25, 0.3) is 0 Å². The summed E-state index contributed by atoms with van der Waals surface area (Å²) in [5.74, 6) is -0.527. The van der Waals surface area contributed by atoms with Crippen molar-refractivity contribution in [2.45, 2.75) is 27.2 Å². The van der Waals surface area contributed by atoms with Crippen molar-refractivity contribution < 1.29 is 13.9 Å². The SMILES string of the molecule is CCOC(=O)C(CN)(Cc1ccc(F)cc1)C(C)C. The lowest BCUT2D eigenvalue weighted by Crippen LogP contribution is -2.46. The molecule has 1 atom stereocenters. The highest BCUT2D eigenvalue weighted by Crippen LogP contribution is 2.32. The average molecular weight is 267 g/mol. The van der Waals surface area contributed by atoms with Crippen LogP contribution in [0.2, 0.25) is 0 Å². The van der Waals surface area contributed by atoms with Crippen LogP contribution < -0.4 is 5.73 Å². The topological polar surface area (TPSA) is 52.3 Å². The van der Waals surface area contributed by atoms with Crippen LogP contribution in [0, 0.1) is 17.2 Å². The molecule has 0 aliphatic heterocycles. The zero-order chi connectivity index (χ0) is 14.5.